The van der Waals surface area contributed by atoms with Gasteiger partial charge in [0.25, 0.3) is 5.91 Å². The number of nitrogens with two attached hydrogens (primary N) is 1. The summed E-state index contributed by atoms with van der Waals surface area (Å²) in [5.74, 6) is 5.05. The lowest BCUT2D eigenvalue weighted by Crippen LogP contribution is -2.17. The van der Waals surface area contributed by atoms with E-state index in [9.17, 15) is 4.79 Å². The van der Waals surface area contributed by atoms with Crippen molar-refractivity contribution in [2.75, 3.05) is 10.7 Å². The van der Waals surface area contributed by atoms with Gasteiger partial charge in [-0.05, 0) is 52.3 Å². The second kappa shape index (κ2) is 6.45. The lowest BCUT2D eigenvalue weighted by Gasteiger charge is -2.10. The Morgan fingerprint density at radius 3 is 2.55 bits per heavy atom. The standard InChI is InChI=1S/C13H10BrCl2N3O/c14-10-6-8(2-3-11(10)16)18-13(20)9-5-7(15)1-4-12(9)19-17/h1-6,19H,17H2,(H,18,20). The van der Waals surface area contributed by atoms with E-state index in [4.69, 9.17) is 29.0 Å². The van der Waals surface area contributed by atoms with Crippen LogP contribution in [-0.4, -0.2) is 5.91 Å². The van der Waals surface area contributed by atoms with Crippen LogP contribution in [-0.2, 0) is 0 Å². The van der Waals surface area contributed by atoms with Gasteiger partial charge in [-0.15, -0.1) is 0 Å². The van der Waals surface area contributed by atoms with Crippen molar-refractivity contribution in [1.82, 2.24) is 0 Å². The molecule has 0 radical (unpaired) electrons. The van der Waals surface area contributed by atoms with E-state index < -0.39 is 0 Å². The molecular formula is C13H10BrCl2N3O. The number of carbonyl (C=O) groups excluding carboxylic acids is 1. The van der Waals surface area contributed by atoms with Crippen LogP contribution in [0.5, 0.6) is 0 Å². The number of amides is 1. The third-order valence-electron chi connectivity index (χ3n) is 2.56. The van der Waals surface area contributed by atoms with Gasteiger partial charge in [-0.25, -0.2) is 0 Å². The van der Waals surface area contributed by atoms with Crippen LogP contribution in [0.2, 0.25) is 10.0 Å². The van der Waals surface area contributed by atoms with Crippen LogP contribution in [0.25, 0.3) is 0 Å². The highest BCUT2D eigenvalue weighted by atomic mass is 79.9. The van der Waals surface area contributed by atoms with Gasteiger partial charge in [-0.3, -0.25) is 10.6 Å². The van der Waals surface area contributed by atoms with Crippen LogP contribution in [0.15, 0.2) is 40.9 Å². The third kappa shape index (κ3) is 3.43. The Morgan fingerprint density at radius 2 is 1.90 bits per heavy atom. The number of hydrogen-bond acceptors (Lipinski definition) is 3. The number of anilines is 2. The van der Waals surface area contributed by atoms with Crippen LogP contribution < -0.4 is 16.6 Å². The first-order valence-corrected chi connectivity index (χ1v) is 7.08. The van der Waals surface area contributed by atoms with E-state index in [1.165, 1.54) is 6.07 Å². The number of hydrazine groups is 1. The highest BCUT2D eigenvalue weighted by Gasteiger charge is 2.12. The second-order valence-corrected chi connectivity index (χ2v) is 5.62. The van der Waals surface area contributed by atoms with Crippen LogP contribution in [0.1, 0.15) is 10.4 Å². The first-order chi connectivity index (χ1) is 9.51. The first kappa shape index (κ1) is 15.1. The third-order valence-corrected chi connectivity index (χ3v) is 4.01. The zero-order chi connectivity index (χ0) is 14.7. The Labute approximate surface area is 134 Å². The molecule has 104 valence electrons. The van der Waals surface area contributed by atoms with Crippen molar-refractivity contribution in [3.63, 3.8) is 0 Å². The van der Waals surface area contributed by atoms with E-state index in [1.54, 1.807) is 30.3 Å². The molecule has 0 atom stereocenters. The number of nitrogens with one attached hydrogen (secondary N) is 2. The Balaban J connectivity index is 2.27. The summed E-state index contributed by atoms with van der Waals surface area (Å²) in [5.41, 5.74) is 3.90. The van der Waals surface area contributed by atoms with E-state index in [-0.39, 0.29) is 5.91 Å². The monoisotopic (exact) mass is 373 g/mol. The molecule has 0 fully saturated rings. The van der Waals surface area contributed by atoms with Crippen molar-refractivity contribution in [3.05, 3.63) is 56.5 Å². The molecule has 0 heterocycles. The maximum Gasteiger partial charge on any atom is 0.257 e. The Kier molecular flexibility index (Phi) is 4.88. The molecule has 0 saturated carbocycles. The average molecular weight is 375 g/mol. The van der Waals surface area contributed by atoms with Crippen molar-refractivity contribution >= 4 is 56.4 Å². The highest BCUT2D eigenvalue weighted by molar-refractivity contribution is 9.10. The lowest BCUT2D eigenvalue weighted by atomic mass is 10.1. The van der Waals surface area contributed by atoms with Crippen LogP contribution >= 0.6 is 39.1 Å². The van der Waals surface area contributed by atoms with Gasteiger partial charge >= 0.3 is 0 Å². The largest absolute Gasteiger partial charge is 0.323 e. The Morgan fingerprint density at radius 1 is 1.15 bits per heavy atom. The number of rotatable bonds is 3. The normalized spacial score (nSPS) is 10.2. The quantitative estimate of drug-likeness (QED) is 0.554. The van der Waals surface area contributed by atoms with Crippen LogP contribution in [0.4, 0.5) is 11.4 Å². The minimum absolute atomic E-state index is 0.324. The van der Waals surface area contributed by atoms with Gasteiger partial charge in [-0.2, -0.15) is 0 Å². The van der Waals surface area contributed by atoms with Crippen molar-refractivity contribution in [3.8, 4) is 0 Å². The molecule has 20 heavy (non-hydrogen) atoms. The topological polar surface area (TPSA) is 67.1 Å². The summed E-state index contributed by atoms with van der Waals surface area (Å²) < 4.78 is 0.695. The van der Waals surface area contributed by atoms with E-state index in [0.29, 0.717) is 31.5 Å². The molecular weight excluding hydrogens is 365 g/mol. The molecule has 0 bridgehead atoms. The molecule has 0 spiro atoms. The van der Waals surface area contributed by atoms with Gasteiger partial charge in [0.05, 0.1) is 16.3 Å². The summed E-state index contributed by atoms with van der Waals surface area (Å²) in [4.78, 5) is 12.2. The predicted octanol–water partition coefficient (Wildman–Crippen LogP) is 4.29. The first-order valence-electron chi connectivity index (χ1n) is 5.54. The van der Waals surface area contributed by atoms with E-state index >= 15 is 0 Å². The molecule has 0 saturated heterocycles. The van der Waals surface area contributed by atoms with Crippen LogP contribution in [0.3, 0.4) is 0 Å². The minimum Gasteiger partial charge on any atom is -0.323 e. The fourth-order valence-electron chi connectivity index (χ4n) is 1.60. The summed E-state index contributed by atoms with van der Waals surface area (Å²) >= 11 is 15.1. The molecule has 7 heteroatoms. The zero-order valence-corrected chi connectivity index (χ0v) is 13.2. The highest BCUT2D eigenvalue weighted by Crippen LogP contribution is 2.27. The lowest BCUT2D eigenvalue weighted by molar-refractivity contribution is 0.102. The van der Waals surface area contributed by atoms with Gasteiger partial charge < -0.3 is 10.7 Å². The summed E-state index contributed by atoms with van der Waals surface area (Å²) in [6.07, 6.45) is 0. The van der Waals surface area contributed by atoms with Gasteiger partial charge in [0.15, 0.2) is 0 Å². The van der Waals surface area contributed by atoms with Crippen molar-refractivity contribution in [2.24, 2.45) is 5.84 Å². The smallest absolute Gasteiger partial charge is 0.257 e. The molecule has 2 rings (SSSR count). The second-order valence-electron chi connectivity index (χ2n) is 3.92. The Hall–Kier alpha value is -1.27. The van der Waals surface area contributed by atoms with Crippen molar-refractivity contribution in [1.29, 1.82) is 0 Å². The van der Waals surface area contributed by atoms with Crippen molar-refractivity contribution < 1.29 is 4.79 Å². The van der Waals surface area contributed by atoms with Gasteiger partial charge in [0.2, 0.25) is 0 Å². The number of carbonyl (C=O) groups is 1. The summed E-state index contributed by atoms with van der Waals surface area (Å²) in [6, 6.07) is 9.91. The molecule has 0 aliphatic heterocycles. The van der Waals surface area contributed by atoms with Crippen molar-refractivity contribution in [2.45, 2.75) is 0 Å². The van der Waals surface area contributed by atoms with Gasteiger partial charge in [0.1, 0.15) is 0 Å². The average Bonchev–Trinajstić information content (AvgIpc) is 2.43. The zero-order valence-electron chi connectivity index (χ0n) is 10.1. The molecule has 0 unspecified atom stereocenters. The molecule has 2 aromatic carbocycles. The summed E-state index contributed by atoms with van der Waals surface area (Å²) in [7, 11) is 0. The Bertz CT molecular complexity index is 664. The summed E-state index contributed by atoms with van der Waals surface area (Å²) in [6.45, 7) is 0. The molecule has 0 aromatic heterocycles. The molecule has 0 aliphatic rings. The number of benzene rings is 2. The fraction of sp³-hybridized carbons (Fsp3) is 0. The minimum atomic E-state index is -0.324. The van der Waals surface area contributed by atoms with Gasteiger partial charge in [0, 0.05) is 15.2 Å². The van der Waals surface area contributed by atoms with Gasteiger partial charge in [-0.1, -0.05) is 23.2 Å². The number of nitrogen functional groups attached to an aromatic ring is 1. The molecule has 4 N–H and O–H groups in total. The predicted molar refractivity (Wildman–Crippen MR) is 86.4 cm³/mol. The maximum atomic E-state index is 12.2. The molecule has 1 amide bonds. The maximum absolute atomic E-state index is 12.2. The van der Waals surface area contributed by atoms with E-state index in [2.05, 4.69) is 26.7 Å². The number of halogens is 3. The molecule has 4 nitrogen and oxygen atoms in total. The summed E-state index contributed by atoms with van der Waals surface area (Å²) in [5, 5.41) is 3.76. The molecule has 0 aliphatic carbocycles. The molecule has 2 aromatic rings. The fourth-order valence-corrected chi connectivity index (χ4v) is 2.27. The van der Waals surface area contributed by atoms with Crippen LogP contribution in [0, 0.1) is 0 Å². The van der Waals surface area contributed by atoms with E-state index in [0.717, 1.165) is 0 Å². The SMILES string of the molecule is NNc1ccc(Cl)cc1C(=O)Nc1ccc(Cl)c(Br)c1. The van der Waals surface area contributed by atoms with E-state index in [1.807, 2.05) is 0 Å². The number of hydrogen-bond donors (Lipinski definition) is 3.